The predicted molar refractivity (Wildman–Crippen MR) is 94.0 cm³/mol. The number of aryl methyl sites for hydroxylation is 1. The minimum atomic E-state index is -0.258. The topological polar surface area (TPSA) is 58.6 Å². The van der Waals surface area contributed by atoms with Crippen LogP contribution in [-0.2, 0) is 29.0 Å². The Bertz CT molecular complexity index is 808. The number of fused-ring (bicyclic) bond motifs is 1. The third-order valence-electron chi connectivity index (χ3n) is 4.86. The first-order valence-corrected chi connectivity index (χ1v) is 8.89. The maximum atomic E-state index is 13.7. The highest BCUT2D eigenvalue weighted by Crippen LogP contribution is 2.24. The van der Waals surface area contributed by atoms with E-state index >= 15 is 0 Å². The van der Waals surface area contributed by atoms with E-state index in [-0.39, 0.29) is 11.7 Å². The first kappa shape index (κ1) is 16.9. The number of carbonyl (C=O) groups excluding carboxylic acids is 1. The van der Waals surface area contributed by atoms with E-state index in [0.29, 0.717) is 50.7 Å². The lowest BCUT2D eigenvalue weighted by molar-refractivity contribution is -0.131. The Kier molecular flexibility index (Phi) is 4.79. The van der Waals surface area contributed by atoms with Gasteiger partial charge in [-0.15, -0.1) is 0 Å². The summed E-state index contributed by atoms with van der Waals surface area (Å²) in [5.74, 6) is 0.456. The van der Waals surface area contributed by atoms with Crippen molar-refractivity contribution in [3.8, 4) is 0 Å². The molecule has 0 aliphatic carbocycles. The van der Waals surface area contributed by atoms with Crippen LogP contribution in [0.25, 0.3) is 0 Å². The molecule has 1 aromatic carbocycles. The monoisotopic (exact) mass is 356 g/mol. The lowest BCUT2D eigenvalue weighted by Gasteiger charge is -2.26. The van der Waals surface area contributed by atoms with E-state index in [4.69, 9.17) is 4.74 Å². The number of morpholine rings is 1. The van der Waals surface area contributed by atoms with E-state index in [1.807, 2.05) is 6.20 Å². The average Bonchev–Trinajstić information content (AvgIpc) is 3.11. The Morgan fingerprint density at radius 1 is 1.19 bits per heavy atom. The summed E-state index contributed by atoms with van der Waals surface area (Å²) < 4.78 is 19.1. The maximum absolute atomic E-state index is 13.7. The van der Waals surface area contributed by atoms with Gasteiger partial charge in [0.1, 0.15) is 5.82 Å². The molecule has 4 rings (SSSR count). The molecule has 0 radical (unpaired) electrons. The second-order valence-electron chi connectivity index (χ2n) is 6.58. The van der Waals surface area contributed by atoms with Gasteiger partial charge in [0.2, 0.25) is 11.9 Å². The van der Waals surface area contributed by atoms with Gasteiger partial charge in [0.05, 0.1) is 25.5 Å². The zero-order chi connectivity index (χ0) is 17.9. The summed E-state index contributed by atoms with van der Waals surface area (Å²) in [5, 5.41) is 0. The van der Waals surface area contributed by atoms with E-state index in [1.165, 1.54) is 6.07 Å². The van der Waals surface area contributed by atoms with Crippen molar-refractivity contribution in [1.29, 1.82) is 0 Å². The molecule has 6 nitrogen and oxygen atoms in total. The molecule has 26 heavy (non-hydrogen) atoms. The van der Waals surface area contributed by atoms with Crippen molar-refractivity contribution in [3.05, 3.63) is 53.1 Å². The number of benzene rings is 1. The third-order valence-corrected chi connectivity index (χ3v) is 4.86. The van der Waals surface area contributed by atoms with Crippen molar-refractivity contribution >= 4 is 11.9 Å². The van der Waals surface area contributed by atoms with Crippen molar-refractivity contribution in [3.63, 3.8) is 0 Å². The van der Waals surface area contributed by atoms with Crippen LogP contribution in [0, 0.1) is 5.82 Å². The van der Waals surface area contributed by atoms with Crippen LogP contribution in [0.4, 0.5) is 10.3 Å². The molecule has 2 aromatic rings. The fourth-order valence-corrected chi connectivity index (χ4v) is 3.34. The molecule has 2 aliphatic heterocycles. The molecule has 3 heterocycles. The van der Waals surface area contributed by atoms with Crippen molar-refractivity contribution in [2.24, 2.45) is 0 Å². The second kappa shape index (κ2) is 7.37. The van der Waals surface area contributed by atoms with Gasteiger partial charge in [-0.3, -0.25) is 4.79 Å². The number of anilines is 1. The van der Waals surface area contributed by atoms with Crippen LogP contribution in [0.5, 0.6) is 0 Å². The van der Waals surface area contributed by atoms with Crippen LogP contribution in [0.3, 0.4) is 0 Å². The molecule has 1 fully saturated rings. The van der Waals surface area contributed by atoms with Crippen molar-refractivity contribution in [2.45, 2.75) is 25.9 Å². The standard InChI is InChI=1S/C19H21FN4O2/c20-16-4-2-1-3-14(16)5-6-18(25)24-12-15-11-21-19(22-17(15)13-24)23-7-9-26-10-8-23/h1-4,11H,5-10,12-13H2. The van der Waals surface area contributed by atoms with Crippen molar-refractivity contribution in [1.82, 2.24) is 14.9 Å². The number of hydrogen-bond donors (Lipinski definition) is 0. The van der Waals surface area contributed by atoms with Gasteiger partial charge in [-0.1, -0.05) is 18.2 Å². The summed E-state index contributed by atoms with van der Waals surface area (Å²) in [6.45, 7) is 3.94. The van der Waals surface area contributed by atoms with E-state index in [2.05, 4.69) is 14.9 Å². The lowest BCUT2D eigenvalue weighted by atomic mass is 10.1. The number of ether oxygens (including phenoxy) is 1. The number of rotatable bonds is 4. The van der Waals surface area contributed by atoms with Gasteiger partial charge >= 0.3 is 0 Å². The van der Waals surface area contributed by atoms with Crippen molar-refractivity contribution in [2.75, 3.05) is 31.2 Å². The molecule has 1 amide bonds. The molecule has 0 saturated carbocycles. The fourth-order valence-electron chi connectivity index (χ4n) is 3.34. The van der Waals surface area contributed by atoms with Crippen LogP contribution in [0.15, 0.2) is 30.5 Å². The minimum Gasteiger partial charge on any atom is -0.378 e. The zero-order valence-electron chi connectivity index (χ0n) is 14.5. The van der Waals surface area contributed by atoms with Crippen LogP contribution in [0.2, 0.25) is 0 Å². The first-order valence-electron chi connectivity index (χ1n) is 8.89. The average molecular weight is 356 g/mol. The Labute approximate surface area is 151 Å². The normalized spacial score (nSPS) is 16.7. The number of aromatic nitrogens is 2. The highest BCUT2D eigenvalue weighted by molar-refractivity contribution is 5.77. The molecular formula is C19H21FN4O2. The van der Waals surface area contributed by atoms with Crippen LogP contribution < -0.4 is 4.90 Å². The van der Waals surface area contributed by atoms with Crippen LogP contribution >= 0.6 is 0 Å². The highest BCUT2D eigenvalue weighted by atomic mass is 19.1. The summed E-state index contributed by atoms with van der Waals surface area (Å²) in [7, 11) is 0. The molecule has 0 atom stereocenters. The Morgan fingerprint density at radius 3 is 2.81 bits per heavy atom. The molecule has 0 N–H and O–H groups in total. The molecule has 0 unspecified atom stereocenters. The molecule has 1 aromatic heterocycles. The molecule has 0 spiro atoms. The highest BCUT2D eigenvalue weighted by Gasteiger charge is 2.26. The van der Waals surface area contributed by atoms with Gasteiger partial charge in [-0.05, 0) is 18.1 Å². The molecule has 136 valence electrons. The van der Waals surface area contributed by atoms with Gasteiger partial charge in [0.15, 0.2) is 0 Å². The van der Waals surface area contributed by atoms with Gasteiger partial charge in [-0.25, -0.2) is 14.4 Å². The number of amides is 1. The molecule has 7 heteroatoms. The first-order chi connectivity index (χ1) is 12.7. The van der Waals surface area contributed by atoms with Crippen molar-refractivity contribution < 1.29 is 13.9 Å². The Balaban J connectivity index is 1.38. The van der Waals surface area contributed by atoms with Crippen LogP contribution in [0.1, 0.15) is 23.2 Å². The van der Waals surface area contributed by atoms with E-state index in [9.17, 15) is 9.18 Å². The summed E-state index contributed by atoms with van der Waals surface area (Å²) in [6.07, 6.45) is 2.51. The summed E-state index contributed by atoms with van der Waals surface area (Å²) in [4.78, 5) is 25.5. The number of halogens is 1. The lowest BCUT2D eigenvalue weighted by Crippen LogP contribution is -2.37. The minimum absolute atomic E-state index is 0.0131. The van der Waals surface area contributed by atoms with E-state index in [1.54, 1.807) is 23.1 Å². The fraction of sp³-hybridized carbons (Fsp3) is 0.421. The van der Waals surface area contributed by atoms with Crippen LogP contribution in [-0.4, -0.2) is 47.1 Å². The van der Waals surface area contributed by atoms with Gasteiger partial charge in [0.25, 0.3) is 0 Å². The Morgan fingerprint density at radius 2 is 2.00 bits per heavy atom. The largest absolute Gasteiger partial charge is 0.378 e. The molecule has 1 saturated heterocycles. The molecular weight excluding hydrogens is 335 g/mol. The molecule has 0 bridgehead atoms. The maximum Gasteiger partial charge on any atom is 0.225 e. The quantitative estimate of drug-likeness (QED) is 0.838. The number of carbonyl (C=O) groups is 1. The zero-order valence-corrected chi connectivity index (χ0v) is 14.5. The predicted octanol–water partition coefficient (Wildman–Crippen LogP) is 1.93. The molecule has 2 aliphatic rings. The number of nitrogens with zero attached hydrogens (tertiary/aromatic N) is 4. The van der Waals surface area contributed by atoms with Gasteiger partial charge < -0.3 is 14.5 Å². The van der Waals surface area contributed by atoms with Gasteiger partial charge in [0, 0.05) is 37.8 Å². The smallest absolute Gasteiger partial charge is 0.225 e. The SMILES string of the molecule is O=C(CCc1ccccc1F)N1Cc2cnc(N3CCOCC3)nc2C1. The second-order valence-corrected chi connectivity index (χ2v) is 6.58. The van der Waals surface area contributed by atoms with Gasteiger partial charge in [-0.2, -0.15) is 0 Å². The van der Waals surface area contributed by atoms with E-state index in [0.717, 1.165) is 24.3 Å². The summed E-state index contributed by atoms with van der Waals surface area (Å²) in [6, 6.07) is 6.59. The number of hydrogen-bond acceptors (Lipinski definition) is 5. The Hall–Kier alpha value is -2.54. The summed E-state index contributed by atoms with van der Waals surface area (Å²) in [5.41, 5.74) is 2.47. The summed E-state index contributed by atoms with van der Waals surface area (Å²) >= 11 is 0. The van der Waals surface area contributed by atoms with E-state index < -0.39 is 0 Å². The third kappa shape index (κ3) is 3.53.